The van der Waals surface area contributed by atoms with E-state index < -0.39 is 17.7 Å². The van der Waals surface area contributed by atoms with Gasteiger partial charge in [0.15, 0.2) is 11.5 Å². The monoisotopic (exact) mass is 580 g/mol. The van der Waals surface area contributed by atoms with E-state index >= 15 is 0 Å². The highest BCUT2D eigenvalue weighted by atomic mass is 16.5. The summed E-state index contributed by atoms with van der Waals surface area (Å²) < 4.78 is 22.5. The number of hydrogen-bond donors (Lipinski definition) is 1. The molecule has 1 saturated heterocycles. The van der Waals surface area contributed by atoms with E-state index in [2.05, 4.69) is 4.98 Å². The number of aryl methyl sites for hydroxylation is 1. The molecule has 3 aromatic carbocycles. The molecule has 0 saturated carbocycles. The highest BCUT2D eigenvalue weighted by Crippen LogP contribution is 2.46. The zero-order chi connectivity index (χ0) is 30.5. The lowest BCUT2D eigenvalue weighted by Crippen LogP contribution is -2.29. The highest BCUT2D eigenvalue weighted by molar-refractivity contribution is 6.46. The SMILES string of the molecule is COc1cc(C2C(=C(O)c3ccc(OCc4cccc(C)c4)cc3)C(=O)C(=O)N2Cc2cccnc2)cc(OC)c1OC. The molecular formula is C34H32N2O7. The molecular weight excluding hydrogens is 548 g/mol. The summed E-state index contributed by atoms with van der Waals surface area (Å²) in [7, 11) is 4.45. The number of likely N-dealkylation sites (tertiary alicyclic amines) is 1. The van der Waals surface area contributed by atoms with E-state index in [1.165, 1.54) is 26.2 Å². The van der Waals surface area contributed by atoms with Gasteiger partial charge in [0.2, 0.25) is 5.75 Å². The number of benzene rings is 3. The normalized spacial score (nSPS) is 15.8. The summed E-state index contributed by atoms with van der Waals surface area (Å²) in [4.78, 5) is 32.6. The van der Waals surface area contributed by atoms with Gasteiger partial charge in [-0.05, 0) is 66.1 Å². The van der Waals surface area contributed by atoms with Gasteiger partial charge in [0.25, 0.3) is 11.7 Å². The number of amides is 1. The van der Waals surface area contributed by atoms with Gasteiger partial charge in [-0.25, -0.2) is 0 Å². The molecule has 0 radical (unpaired) electrons. The van der Waals surface area contributed by atoms with Crippen LogP contribution in [0.3, 0.4) is 0 Å². The van der Waals surface area contributed by atoms with Crippen LogP contribution >= 0.6 is 0 Å². The smallest absolute Gasteiger partial charge is 0.295 e. The maximum absolute atomic E-state index is 13.6. The first-order chi connectivity index (χ1) is 20.8. The van der Waals surface area contributed by atoms with E-state index in [0.29, 0.717) is 40.7 Å². The van der Waals surface area contributed by atoms with Crippen molar-refractivity contribution in [2.75, 3.05) is 21.3 Å². The third kappa shape index (κ3) is 6.01. The first-order valence-corrected chi connectivity index (χ1v) is 13.6. The van der Waals surface area contributed by atoms with Crippen LogP contribution in [-0.4, -0.2) is 48.0 Å². The summed E-state index contributed by atoms with van der Waals surface area (Å²) in [6.45, 7) is 2.49. The fourth-order valence-corrected chi connectivity index (χ4v) is 5.17. The largest absolute Gasteiger partial charge is 0.507 e. The number of pyridine rings is 1. The Morgan fingerprint density at radius 2 is 1.58 bits per heavy atom. The number of ketones is 1. The lowest BCUT2D eigenvalue weighted by atomic mass is 9.94. The van der Waals surface area contributed by atoms with E-state index in [1.54, 1.807) is 54.9 Å². The van der Waals surface area contributed by atoms with Crippen molar-refractivity contribution in [1.29, 1.82) is 0 Å². The lowest BCUT2D eigenvalue weighted by molar-refractivity contribution is -0.140. The number of hydrogen-bond acceptors (Lipinski definition) is 8. The number of aromatic nitrogens is 1. The van der Waals surface area contributed by atoms with Crippen LogP contribution in [0.4, 0.5) is 0 Å². The number of methoxy groups -OCH3 is 3. The second-order valence-electron chi connectivity index (χ2n) is 10.0. The van der Waals surface area contributed by atoms with E-state index in [0.717, 1.165) is 16.7 Å². The average molecular weight is 581 g/mol. The molecule has 1 aliphatic heterocycles. The molecule has 0 aliphatic carbocycles. The maximum Gasteiger partial charge on any atom is 0.295 e. The van der Waals surface area contributed by atoms with Crippen molar-refractivity contribution in [1.82, 2.24) is 9.88 Å². The maximum atomic E-state index is 13.6. The third-order valence-electron chi connectivity index (χ3n) is 7.23. The molecule has 1 aromatic heterocycles. The molecule has 1 fully saturated rings. The minimum Gasteiger partial charge on any atom is -0.507 e. The van der Waals surface area contributed by atoms with Crippen LogP contribution < -0.4 is 18.9 Å². The van der Waals surface area contributed by atoms with Gasteiger partial charge >= 0.3 is 0 Å². The van der Waals surface area contributed by atoms with Crippen LogP contribution in [0.15, 0.2) is 90.8 Å². The summed E-state index contributed by atoms with van der Waals surface area (Å²) in [5.74, 6) is -0.216. The number of aliphatic hydroxyl groups excluding tert-OH is 1. The summed E-state index contributed by atoms with van der Waals surface area (Å²) in [6.07, 6.45) is 3.25. The molecule has 5 rings (SSSR count). The fourth-order valence-electron chi connectivity index (χ4n) is 5.17. The average Bonchev–Trinajstić information content (AvgIpc) is 3.28. The third-order valence-corrected chi connectivity index (χ3v) is 7.23. The van der Waals surface area contributed by atoms with Gasteiger partial charge in [-0.15, -0.1) is 0 Å². The van der Waals surface area contributed by atoms with Crippen molar-refractivity contribution in [2.45, 2.75) is 26.1 Å². The van der Waals surface area contributed by atoms with Crippen LogP contribution in [0, 0.1) is 6.92 Å². The zero-order valence-electron chi connectivity index (χ0n) is 24.4. The number of nitrogens with zero attached hydrogens (tertiary/aromatic N) is 2. The number of carbonyl (C=O) groups is 2. The van der Waals surface area contributed by atoms with Crippen molar-refractivity contribution >= 4 is 17.4 Å². The van der Waals surface area contributed by atoms with Gasteiger partial charge in [0, 0.05) is 24.5 Å². The van der Waals surface area contributed by atoms with Gasteiger partial charge in [0.1, 0.15) is 18.1 Å². The summed E-state index contributed by atoms with van der Waals surface area (Å²) in [5, 5.41) is 11.5. The zero-order valence-corrected chi connectivity index (χ0v) is 24.4. The first-order valence-electron chi connectivity index (χ1n) is 13.6. The Hall–Kier alpha value is -5.31. The van der Waals surface area contributed by atoms with Crippen LogP contribution in [0.1, 0.15) is 33.9 Å². The van der Waals surface area contributed by atoms with Crippen molar-refractivity contribution in [3.05, 3.63) is 119 Å². The predicted molar refractivity (Wildman–Crippen MR) is 160 cm³/mol. The summed E-state index contributed by atoms with van der Waals surface area (Å²) >= 11 is 0. The molecule has 9 nitrogen and oxygen atoms in total. The van der Waals surface area contributed by atoms with Gasteiger partial charge in [-0.1, -0.05) is 35.9 Å². The molecule has 0 bridgehead atoms. The van der Waals surface area contributed by atoms with Gasteiger partial charge in [0.05, 0.1) is 32.9 Å². The molecule has 1 amide bonds. The minimum absolute atomic E-state index is 0.0587. The number of ether oxygens (including phenoxy) is 4. The Kier molecular flexibility index (Phi) is 8.61. The lowest BCUT2D eigenvalue weighted by Gasteiger charge is -2.26. The number of carbonyl (C=O) groups excluding carboxylic acids is 2. The van der Waals surface area contributed by atoms with Crippen LogP contribution in [-0.2, 0) is 22.7 Å². The Labute approximate surface area is 249 Å². The molecule has 1 unspecified atom stereocenters. The minimum atomic E-state index is -0.953. The number of aliphatic hydroxyl groups is 1. The predicted octanol–water partition coefficient (Wildman–Crippen LogP) is 5.62. The standard InChI is InChI=1S/C34H32N2O7/c1-21-7-5-8-22(15-21)20-43-26-12-10-24(11-13-26)31(37)29-30(25-16-27(40-2)33(42-4)28(17-25)41-3)36(34(39)32(29)38)19-23-9-6-14-35-18-23/h5-18,30,37H,19-20H2,1-4H3. The van der Waals surface area contributed by atoms with E-state index in [1.807, 2.05) is 37.3 Å². The molecule has 1 N–H and O–H groups in total. The van der Waals surface area contributed by atoms with Crippen molar-refractivity contribution in [2.24, 2.45) is 0 Å². The van der Waals surface area contributed by atoms with Crippen molar-refractivity contribution < 1.29 is 33.6 Å². The topological polar surface area (TPSA) is 107 Å². The van der Waals surface area contributed by atoms with E-state index in [9.17, 15) is 14.7 Å². The molecule has 2 heterocycles. The first kappa shape index (κ1) is 29.2. The summed E-state index contributed by atoms with van der Waals surface area (Å²) in [5.41, 5.74) is 3.69. The van der Waals surface area contributed by atoms with E-state index in [-0.39, 0.29) is 17.9 Å². The van der Waals surface area contributed by atoms with Gasteiger partial charge in [-0.2, -0.15) is 0 Å². The second kappa shape index (κ2) is 12.7. The molecule has 1 atom stereocenters. The number of Topliss-reactive ketones (excluding diaryl/α,β-unsaturated/α-hetero) is 1. The quantitative estimate of drug-likeness (QED) is 0.146. The number of rotatable bonds is 10. The molecule has 0 spiro atoms. The Bertz CT molecular complexity index is 1640. The van der Waals surface area contributed by atoms with Crippen molar-refractivity contribution in [3.8, 4) is 23.0 Å². The molecule has 43 heavy (non-hydrogen) atoms. The van der Waals surface area contributed by atoms with Gasteiger partial charge < -0.3 is 29.0 Å². The Balaban J connectivity index is 1.55. The second-order valence-corrected chi connectivity index (χ2v) is 10.0. The highest BCUT2D eigenvalue weighted by Gasteiger charge is 2.46. The van der Waals surface area contributed by atoms with Crippen LogP contribution in [0.2, 0.25) is 0 Å². The molecule has 220 valence electrons. The molecule has 4 aromatic rings. The van der Waals surface area contributed by atoms with Crippen molar-refractivity contribution in [3.63, 3.8) is 0 Å². The molecule has 1 aliphatic rings. The summed E-state index contributed by atoms with van der Waals surface area (Å²) in [6, 6.07) is 20.7. The van der Waals surface area contributed by atoms with Crippen LogP contribution in [0.5, 0.6) is 23.0 Å². The van der Waals surface area contributed by atoms with Crippen LogP contribution in [0.25, 0.3) is 5.76 Å². The molecule has 9 heteroatoms. The Morgan fingerprint density at radius 1 is 0.884 bits per heavy atom. The van der Waals surface area contributed by atoms with E-state index in [4.69, 9.17) is 18.9 Å². The fraction of sp³-hybridized carbons (Fsp3) is 0.206. The van der Waals surface area contributed by atoms with Gasteiger partial charge in [-0.3, -0.25) is 14.6 Å². The Morgan fingerprint density at radius 3 is 2.19 bits per heavy atom.